The number of rotatable bonds is 5. The van der Waals surface area contributed by atoms with Gasteiger partial charge < -0.3 is 29.4 Å². The van der Waals surface area contributed by atoms with E-state index in [1.165, 1.54) is 0 Å². The summed E-state index contributed by atoms with van der Waals surface area (Å²) in [4.78, 5) is 24.2. The lowest BCUT2D eigenvalue weighted by atomic mass is 10.0. The molecule has 0 aliphatic carbocycles. The van der Waals surface area contributed by atoms with Gasteiger partial charge in [-0.2, -0.15) is 0 Å². The van der Waals surface area contributed by atoms with Crippen molar-refractivity contribution in [2.75, 3.05) is 13.4 Å². The van der Waals surface area contributed by atoms with Gasteiger partial charge in [0.2, 0.25) is 6.79 Å². The van der Waals surface area contributed by atoms with Crippen molar-refractivity contribution >= 4 is 12.1 Å². The van der Waals surface area contributed by atoms with Gasteiger partial charge in [0.25, 0.3) is 0 Å². The monoisotopic (exact) mass is 353 g/mol. The Labute approximate surface area is 146 Å². The first kappa shape index (κ1) is 18.9. The molecule has 0 spiro atoms. The number of ether oxygens (including phenoxy) is 4. The predicted molar refractivity (Wildman–Crippen MR) is 87.3 cm³/mol. The van der Waals surface area contributed by atoms with Crippen LogP contribution in [0.15, 0.2) is 18.2 Å². The highest BCUT2D eigenvalue weighted by molar-refractivity contribution is 5.82. The fourth-order valence-corrected chi connectivity index (χ4v) is 2.22. The molecule has 0 fully saturated rings. The molecular weight excluding hydrogens is 330 g/mol. The minimum absolute atomic E-state index is 0.0896. The molecule has 8 heteroatoms. The van der Waals surface area contributed by atoms with E-state index in [-0.39, 0.29) is 13.4 Å². The van der Waals surface area contributed by atoms with Gasteiger partial charge in [0.05, 0.1) is 6.61 Å². The molecule has 8 nitrogen and oxygen atoms in total. The summed E-state index contributed by atoms with van der Waals surface area (Å²) in [7, 11) is 0. The zero-order valence-electron chi connectivity index (χ0n) is 14.7. The molecule has 0 unspecified atom stereocenters. The largest absolute Gasteiger partial charge is 0.464 e. The van der Waals surface area contributed by atoms with Gasteiger partial charge in [-0.15, -0.1) is 0 Å². The molecule has 25 heavy (non-hydrogen) atoms. The van der Waals surface area contributed by atoms with Gasteiger partial charge in [-0.3, -0.25) is 0 Å². The molecule has 2 atom stereocenters. The smallest absolute Gasteiger partial charge is 0.408 e. The topological polar surface area (TPSA) is 103 Å². The van der Waals surface area contributed by atoms with Gasteiger partial charge in [0, 0.05) is 0 Å². The van der Waals surface area contributed by atoms with Crippen LogP contribution in [0.5, 0.6) is 11.5 Å². The van der Waals surface area contributed by atoms with Crippen LogP contribution in [-0.2, 0) is 14.3 Å². The van der Waals surface area contributed by atoms with E-state index in [2.05, 4.69) is 5.32 Å². The van der Waals surface area contributed by atoms with Crippen LogP contribution in [0.1, 0.15) is 39.4 Å². The Hall–Kier alpha value is -2.48. The zero-order chi connectivity index (χ0) is 18.6. The van der Waals surface area contributed by atoms with E-state index in [4.69, 9.17) is 18.9 Å². The Bertz CT molecular complexity index is 638. The molecule has 1 aromatic carbocycles. The summed E-state index contributed by atoms with van der Waals surface area (Å²) in [6.07, 6.45) is -2.17. The van der Waals surface area contributed by atoms with E-state index < -0.39 is 29.8 Å². The second-order valence-electron chi connectivity index (χ2n) is 6.43. The van der Waals surface area contributed by atoms with Crippen LogP contribution in [0.3, 0.4) is 0 Å². The lowest BCUT2D eigenvalue weighted by Crippen LogP contribution is -2.47. The van der Waals surface area contributed by atoms with Gasteiger partial charge in [-0.05, 0) is 45.4 Å². The van der Waals surface area contributed by atoms with E-state index >= 15 is 0 Å². The molecular formula is C17H23NO7. The predicted octanol–water partition coefficient (Wildman–Crippen LogP) is 1.91. The van der Waals surface area contributed by atoms with Crippen LogP contribution < -0.4 is 14.8 Å². The summed E-state index contributed by atoms with van der Waals surface area (Å²) in [5.41, 5.74) is -0.370. The number of carbonyl (C=O) groups is 2. The van der Waals surface area contributed by atoms with E-state index in [9.17, 15) is 14.7 Å². The van der Waals surface area contributed by atoms with Crippen molar-refractivity contribution in [3.05, 3.63) is 23.8 Å². The molecule has 0 saturated heterocycles. The number of hydrogen-bond donors (Lipinski definition) is 2. The van der Waals surface area contributed by atoms with E-state index in [0.717, 1.165) is 0 Å². The third-order valence-electron chi connectivity index (χ3n) is 3.27. The molecule has 1 amide bonds. The maximum atomic E-state index is 12.2. The first-order valence-corrected chi connectivity index (χ1v) is 7.95. The van der Waals surface area contributed by atoms with Crippen molar-refractivity contribution < 1.29 is 33.6 Å². The highest BCUT2D eigenvalue weighted by Crippen LogP contribution is 2.35. The maximum Gasteiger partial charge on any atom is 0.408 e. The average Bonchev–Trinajstić information content (AvgIpc) is 2.98. The highest BCUT2D eigenvalue weighted by atomic mass is 16.7. The van der Waals surface area contributed by atoms with Gasteiger partial charge in [-0.25, -0.2) is 9.59 Å². The van der Waals surface area contributed by atoms with Crippen molar-refractivity contribution in [2.24, 2.45) is 0 Å². The van der Waals surface area contributed by atoms with Crippen LogP contribution in [0.2, 0.25) is 0 Å². The van der Waals surface area contributed by atoms with E-state index in [1.807, 2.05) is 0 Å². The molecule has 2 N–H and O–H groups in total. The third-order valence-corrected chi connectivity index (χ3v) is 3.27. The third kappa shape index (κ3) is 4.99. The number of esters is 1. The number of carbonyl (C=O) groups excluding carboxylic acids is 2. The van der Waals surface area contributed by atoms with Crippen LogP contribution in [-0.4, -0.2) is 42.2 Å². The molecule has 0 aromatic heterocycles. The van der Waals surface area contributed by atoms with E-state index in [1.54, 1.807) is 45.9 Å². The van der Waals surface area contributed by atoms with Crippen LogP contribution in [0, 0.1) is 0 Å². The van der Waals surface area contributed by atoms with Gasteiger partial charge >= 0.3 is 12.1 Å². The number of alkyl carbamates (subject to hydrolysis) is 1. The molecule has 0 saturated carbocycles. The minimum atomic E-state index is -1.35. The summed E-state index contributed by atoms with van der Waals surface area (Å²) in [6, 6.07) is 3.43. The van der Waals surface area contributed by atoms with Crippen LogP contribution in [0.4, 0.5) is 4.79 Å². The zero-order valence-corrected chi connectivity index (χ0v) is 14.7. The summed E-state index contributed by atoms with van der Waals surface area (Å²) >= 11 is 0. The fourth-order valence-electron chi connectivity index (χ4n) is 2.22. The maximum absolute atomic E-state index is 12.2. The van der Waals surface area contributed by atoms with Crippen molar-refractivity contribution in [1.29, 1.82) is 0 Å². The van der Waals surface area contributed by atoms with E-state index in [0.29, 0.717) is 17.1 Å². The SMILES string of the molecule is CCOC(=O)[C@H](NC(=O)OC(C)(C)C)[C@@H](O)c1ccc2c(c1)OCO2. The summed E-state index contributed by atoms with van der Waals surface area (Å²) in [5.74, 6) is 0.235. The second-order valence-corrected chi connectivity index (χ2v) is 6.43. The molecule has 0 radical (unpaired) electrons. The van der Waals surface area contributed by atoms with Crippen LogP contribution >= 0.6 is 0 Å². The molecule has 1 aromatic rings. The minimum Gasteiger partial charge on any atom is -0.464 e. The number of aliphatic hydroxyl groups excluding tert-OH is 1. The lowest BCUT2D eigenvalue weighted by Gasteiger charge is -2.25. The Kier molecular flexibility index (Phi) is 5.73. The molecule has 1 heterocycles. The number of nitrogens with one attached hydrogen (secondary N) is 1. The number of fused-ring (bicyclic) bond motifs is 1. The second kappa shape index (κ2) is 7.60. The van der Waals surface area contributed by atoms with Crippen molar-refractivity contribution in [1.82, 2.24) is 5.32 Å². The molecule has 2 rings (SSSR count). The summed E-state index contributed by atoms with van der Waals surface area (Å²) in [6.45, 7) is 6.92. The number of hydrogen-bond acceptors (Lipinski definition) is 7. The van der Waals surface area contributed by atoms with Crippen molar-refractivity contribution in [3.8, 4) is 11.5 Å². The van der Waals surface area contributed by atoms with Gasteiger partial charge in [0.15, 0.2) is 17.5 Å². The highest BCUT2D eigenvalue weighted by Gasteiger charge is 2.33. The number of benzene rings is 1. The normalized spacial score (nSPS) is 15.2. The van der Waals surface area contributed by atoms with Crippen LogP contribution in [0.25, 0.3) is 0 Å². The summed E-state index contributed by atoms with van der Waals surface area (Å²) in [5, 5.41) is 13.0. The lowest BCUT2D eigenvalue weighted by molar-refractivity contribution is -0.148. The molecule has 138 valence electrons. The Morgan fingerprint density at radius 3 is 2.60 bits per heavy atom. The Morgan fingerprint density at radius 1 is 1.28 bits per heavy atom. The fraction of sp³-hybridized carbons (Fsp3) is 0.529. The van der Waals surface area contributed by atoms with Gasteiger partial charge in [-0.1, -0.05) is 6.07 Å². The first-order chi connectivity index (χ1) is 11.7. The Morgan fingerprint density at radius 2 is 1.96 bits per heavy atom. The van der Waals surface area contributed by atoms with Crippen molar-refractivity contribution in [2.45, 2.75) is 45.4 Å². The molecule has 0 bridgehead atoms. The molecule has 1 aliphatic rings. The standard InChI is InChI=1S/C17H23NO7/c1-5-22-15(20)13(18-16(21)25-17(2,3)4)14(19)10-6-7-11-12(8-10)24-9-23-11/h6-8,13-14,19H,5,9H2,1-4H3,(H,18,21)/t13-,14+/m1/s1. The first-order valence-electron chi connectivity index (χ1n) is 7.95. The average molecular weight is 353 g/mol. The number of aliphatic hydroxyl groups is 1. The number of amides is 1. The molecule has 1 aliphatic heterocycles. The summed E-state index contributed by atoms with van der Waals surface area (Å²) < 4.78 is 20.6. The Balaban J connectivity index is 2.19. The van der Waals surface area contributed by atoms with Crippen molar-refractivity contribution in [3.63, 3.8) is 0 Å². The van der Waals surface area contributed by atoms with Gasteiger partial charge in [0.1, 0.15) is 11.7 Å². The quantitative estimate of drug-likeness (QED) is 0.779.